The van der Waals surface area contributed by atoms with Gasteiger partial charge < -0.3 is 20.1 Å². The highest BCUT2D eigenvalue weighted by atomic mass is 32.2. The van der Waals surface area contributed by atoms with Gasteiger partial charge in [0.05, 0.1) is 18.4 Å². The Morgan fingerprint density at radius 1 is 1.15 bits per heavy atom. The van der Waals surface area contributed by atoms with Crippen molar-refractivity contribution in [1.82, 2.24) is 24.8 Å². The van der Waals surface area contributed by atoms with Crippen molar-refractivity contribution < 1.29 is 21.6 Å². The number of alkyl halides is 3. The highest BCUT2D eigenvalue weighted by Crippen LogP contribution is 2.32. The molecule has 0 saturated carbocycles. The number of nitrogens with one attached hydrogen (secondary N) is 2. The van der Waals surface area contributed by atoms with Gasteiger partial charge in [0.25, 0.3) is 0 Å². The summed E-state index contributed by atoms with van der Waals surface area (Å²) >= 11 is 0. The van der Waals surface area contributed by atoms with Crippen molar-refractivity contribution in [1.29, 1.82) is 0 Å². The number of pyridine rings is 1. The molecular formula is C26H29F3N8O2S. The van der Waals surface area contributed by atoms with E-state index in [9.17, 15) is 21.6 Å². The summed E-state index contributed by atoms with van der Waals surface area (Å²) in [4.78, 5) is 15.1. The van der Waals surface area contributed by atoms with Crippen LogP contribution in [0.25, 0.3) is 11.0 Å². The molecule has 1 atom stereocenters. The molecule has 0 amide bonds. The van der Waals surface area contributed by atoms with Crippen molar-refractivity contribution in [2.45, 2.75) is 25.7 Å². The number of hydrogen-bond donors (Lipinski definition) is 2. The van der Waals surface area contributed by atoms with Gasteiger partial charge in [0.15, 0.2) is 0 Å². The van der Waals surface area contributed by atoms with Gasteiger partial charge in [-0.3, -0.25) is 4.31 Å². The molecule has 1 aromatic carbocycles. The average Bonchev–Trinajstić information content (AvgIpc) is 3.29. The molecule has 5 rings (SSSR count). The third-order valence-electron chi connectivity index (χ3n) is 6.77. The summed E-state index contributed by atoms with van der Waals surface area (Å²) < 4.78 is 67.2. The first-order valence-corrected chi connectivity index (χ1v) is 14.4. The average molecular weight is 575 g/mol. The Morgan fingerprint density at radius 3 is 2.58 bits per heavy atom. The van der Waals surface area contributed by atoms with Crippen LogP contribution in [0.4, 0.5) is 36.3 Å². The number of hydrogen-bond acceptors (Lipinski definition) is 8. The zero-order chi connectivity index (χ0) is 28.7. The summed E-state index contributed by atoms with van der Waals surface area (Å²) in [6.07, 6.45) is 0.235. The molecule has 3 aromatic heterocycles. The van der Waals surface area contributed by atoms with E-state index >= 15 is 0 Å². The summed E-state index contributed by atoms with van der Waals surface area (Å²) in [6.45, 7) is 4.84. The van der Waals surface area contributed by atoms with Crippen molar-refractivity contribution in [3.05, 3.63) is 66.1 Å². The molecule has 40 heavy (non-hydrogen) atoms. The lowest BCUT2D eigenvalue weighted by Crippen LogP contribution is -2.49. The van der Waals surface area contributed by atoms with E-state index in [4.69, 9.17) is 0 Å². The molecule has 1 unspecified atom stereocenters. The van der Waals surface area contributed by atoms with Crippen LogP contribution in [0, 0.1) is 0 Å². The quantitative estimate of drug-likeness (QED) is 0.343. The van der Waals surface area contributed by atoms with E-state index in [0.29, 0.717) is 29.2 Å². The maximum Gasteiger partial charge on any atom is 0.417 e. The molecule has 4 aromatic rings. The highest BCUT2D eigenvalue weighted by molar-refractivity contribution is 7.92. The molecule has 14 heteroatoms. The van der Waals surface area contributed by atoms with Crippen LogP contribution in [0.3, 0.4) is 0 Å². The number of sulfonamides is 1. The van der Waals surface area contributed by atoms with Crippen LogP contribution in [0.2, 0.25) is 0 Å². The van der Waals surface area contributed by atoms with Crippen molar-refractivity contribution in [3.63, 3.8) is 0 Å². The number of aromatic nitrogens is 4. The summed E-state index contributed by atoms with van der Waals surface area (Å²) in [7, 11) is -2.51. The molecule has 1 aliphatic heterocycles. The topological polar surface area (TPSA) is 108 Å². The molecule has 0 spiro atoms. The first-order valence-electron chi connectivity index (χ1n) is 12.6. The minimum atomic E-state index is -4.64. The monoisotopic (exact) mass is 574 g/mol. The van der Waals surface area contributed by atoms with E-state index in [0.717, 1.165) is 47.6 Å². The normalized spacial score (nSPS) is 16.4. The molecular weight excluding hydrogens is 545 g/mol. The van der Waals surface area contributed by atoms with Crippen molar-refractivity contribution in [2.24, 2.45) is 0 Å². The zero-order valence-electron chi connectivity index (χ0n) is 22.1. The SMILES string of the molecule is CC1CN(c2ccc(Nc3ncc4ccn(Cc5cc(C(F)(F)F)cnc5N(C)S(C)(=O)=O)c4n3)cc2)CCN1. The van der Waals surface area contributed by atoms with Crippen LogP contribution in [0.1, 0.15) is 18.1 Å². The Labute approximate surface area is 229 Å². The number of anilines is 4. The molecule has 1 saturated heterocycles. The first-order chi connectivity index (χ1) is 18.9. The number of benzene rings is 1. The number of fused-ring (bicyclic) bond motifs is 1. The third kappa shape index (κ3) is 5.97. The molecule has 1 aliphatic rings. The number of nitrogens with zero attached hydrogens (tertiary/aromatic N) is 6. The predicted octanol–water partition coefficient (Wildman–Crippen LogP) is 3.83. The van der Waals surface area contributed by atoms with Gasteiger partial charge in [-0.2, -0.15) is 18.2 Å². The van der Waals surface area contributed by atoms with Gasteiger partial charge in [-0.25, -0.2) is 18.4 Å². The summed E-state index contributed by atoms with van der Waals surface area (Å²) in [5.74, 6) is 0.218. The molecule has 2 N–H and O–H groups in total. The third-order valence-corrected chi connectivity index (χ3v) is 7.93. The van der Waals surface area contributed by atoms with Gasteiger partial charge in [0.1, 0.15) is 11.5 Å². The fraction of sp³-hybridized carbons (Fsp3) is 0.346. The smallest absolute Gasteiger partial charge is 0.369 e. The van der Waals surface area contributed by atoms with E-state index in [1.165, 1.54) is 7.05 Å². The minimum absolute atomic E-state index is 0.0752. The van der Waals surface area contributed by atoms with Crippen molar-refractivity contribution >= 4 is 44.2 Å². The van der Waals surface area contributed by atoms with Gasteiger partial charge in [-0.15, -0.1) is 0 Å². The molecule has 212 valence electrons. The Bertz CT molecular complexity index is 1620. The second-order valence-corrected chi connectivity index (χ2v) is 11.8. The number of rotatable bonds is 7. The molecule has 4 heterocycles. The Kier molecular flexibility index (Phi) is 7.31. The summed E-state index contributed by atoms with van der Waals surface area (Å²) in [5.41, 5.74) is 1.47. The van der Waals surface area contributed by atoms with Crippen LogP contribution in [0.5, 0.6) is 0 Å². The second-order valence-electron chi connectivity index (χ2n) is 9.82. The second kappa shape index (κ2) is 10.6. The van der Waals surface area contributed by atoms with E-state index in [2.05, 4.69) is 37.4 Å². The van der Waals surface area contributed by atoms with E-state index < -0.39 is 21.8 Å². The lowest BCUT2D eigenvalue weighted by atomic mass is 10.1. The minimum Gasteiger partial charge on any atom is -0.369 e. The fourth-order valence-corrected chi connectivity index (χ4v) is 5.09. The van der Waals surface area contributed by atoms with E-state index in [1.54, 1.807) is 23.0 Å². The Hall–Kier alpha value is -3.91. The van der Waals surface area contributed by atoms with Gasteiger partial charge in [-0.05, 0) is 43.3 Å². The summed E-state index contributed by atoms with van der Waals surface area (Å²) in [5, 5.41) is 7.28. The van der Waals surface area contributed by atoms with Gasteiger partial charge in [-0.1, -0.05) is 0 Å². The van der Waals surface area contributed by atoms with Crippen LogP contribution in [0.15, 0.2) is 55.0 Å². The van der Waals surface area contributed by atoms with Crippen LogP contribution < -0.4 is 19.8 Å². The Morgan fingerprint density at radius 2 is 1.90 bits per heavy atom. The van der Waals surface area contributed by atoms with Gasteiger partial charge in [0.2, 0.25) is 16.0 Å². The first kappa shape index (κ1) is 27.6. The van der Waals surface area contributed by atoms with Crippen LogP contribution in [-0.2, 0) is 22.7 Å². The van der Waals surface area contributed by atoms with E-state index in [1.807, 2.05) is 24.3 Å². The van der Waals surface area contributed by atoms with Gasteiger partial charge >= 0.3 is 6.18 Å². The molecule has 10 nitrogen and oxygen atoms in total. The highest BCUT2D eigenvalue weighted by Gasteiger charge is 2.32. The van der Waals surface area contributed by atoms with Crippen molar-refractivity contribution in [2.75, 3.05) is 47.5 Å². The van der Waals surface area contributed by atoms with Crippen LogP contribution >= 0.6 is 0 Å². The number of halogens is 3. The molecule has 1 fully saturated rings. The Balaban J connectivity index is 1.42. The maximum atomic E-state index is 13.5. The maximum absolute atomic E-state index is 13.5. The molecule has 0 radical (unpaired) electrons. The standard InChI is InChI=1S/C26H29F3N8O2S/c1-17-15-36(11-9-30-17)22-6-4-21(5-7-22)33-25-32-13-18-8-10-37(24(18)34-25)16-19-12-20(26(27,28)29)14-31-23(19)35(2)40(3,38)39/h4-8,10,12-14,17,30H,9,11,15-16H2,1-3H3,(H,32,33,34). The molecule has 0 bridgehead atoms. The van der Waals surface area contributed by atoms with E-state index in [-0.39, 0.29) is 17.9 Å². The number of piperazine rings is 1. The molecule has 0 aliphatic carbocycles. The van der Waals surface area contributed by atoms with Gasteiger partial charge in [0, 0.05) is 73.6 Å². The summed E-state index contributed by atoms with van der Waals surface area (Å²) in [6, 6.07) is 11.0. The van der Waals surface area contributed by atoms with Crippen molar-refractivity contribution in [3.8, 4) is 0 Å². The fourth-order valence-electron chi connectivity index (χ4n) is 4.61. The zero-order valence-corrected chi connectivity index (χ0v) is 23.0. The van der Waals surface area contributed by atoms with Crippen LogP contribution in [-0.4, -0.2) is 66.9 Å². The lowest BCUT2D eigenvalue weighted by molar-refractivity contribution is -0.137. The predicted molar refractivity (Wildman–Crippen MR) is 149 cm³/mol. The lowest BCUT2D eigenvalue weighted by Gasteiger charge is -2.33. The largest absolute Gasteiger partial charge is 0.417 e.